The fourth-order valence-electron chi connectivity index (χ4n) is 1.81. The molecule has 19 heavy (non-hydrogen) atoms. The summed E-state index contributed by atoms with van der Waals surface area (Å²) in [5.74, 6) is 0.632. The average molecular weight is 262 g/mol. The second kappa shape index (κ2) is 8.35. The maximum atomic E-state index is 10.8. The largest absolute Gasteiger partial charge is 0.493 e. The Kier molecular flexibility index (Phi) is 6.72. The van der Waals surface area contributed by atoms with Crippen LogP contribution in [0.4, 0.5) is 0 Å². The van der Waals surface area contributed by atoms with Crippen LogP contribution in [0.1, 0.15) is 30.4 Å². The van der Waals surface area contributed by atoms with Gasteiger partial charge in [0.25, 0.3) is 0 Å². The summed E-state index contributed by atoms with van der Waals surface area (Å²) in [5.41, 5.74) is 2.33. The van der Waals surface area contributed by atoms with Crippen LogP contribution in [0.3, 0.4) is 0 Å². The standard InChI is InChI=1S/C16H22O3/c1-4-15(17)18-11-6-5-7-12-19-16-13(2)9-8-10-14(16)3/h4,8-10H,1,5-7,11-12H2,2-3H3. The van der Waals surface area contributed by atoms with E-state index >= 15 is 0 Å². The minimum absolute atomic E-state index is 0.355. The molecule has 0 radical (unpaired) electrons. The molecule has 0 saturated heterocycles. The number of aryl methyl sites for hydroxylation is 2. The molecule has 104 valence electrons. The van der Waals surface area contributed by atoms with Crippen LogP contribution in [0, 0.1) is 13.8 Å². The van der Waals surface area contributed by atoms with Crippen molar-refractivity contribution in [2.24, 2.45) is 0 Å². The molecule has 0 aliphatic heterocycles. The lowest BCUT2D eigenvalue weighted by Crippen LogP contribution is -2.04. The third-order valence-corrected chi connectivity index (χ3v) is 2.85. The molecule has 0 amide bonds. The van der Waals surface area contributed by atoms with Gasteiger partial charge in [-0.15, -0.1) is 0 Å². The summed E-state index contributed by atoms with van der Waals surface area (Å²) >= 11 is 0. The zero-order valence-electron chi connectivity index (χ0n) is 11.8. The molecule has 0 spiro atoms. The first-order valence-corrected chi connectivity index (χ1v) is 6.63. The van der Waals surface area contributed by atoms with Crippen LogP contribution < -0.4 is 4.74 Å². The Morgan fingerprint density at radius 2 is 1.79 bits per heavy atom. The highest BCUT2D eigenvalue weighted by molar-refractivity contribution is 5.81. The fraction of sp³-hybridized carbons (Fsp3) is 0.438. The summed E-state index contributed by atoms with van der Waals surface area (Å²) in [5, 5.41) is 0. The molecule has 0 aliphatic carbocycles. The third-order valence-electron chi connectivity index (χ3n) is 2.85. The van der Waals surface area contributed by atoms with Gasteiger partial charge in [0, 0.05) is 6.08 Å². The van der Waals surface area contributed by atoms with Gasteiger partial charge in [-0.3, -0.25) is 0 Å². The van der Waals surface area contributed by atoms with Gasteiger partial charge >= 0.3 is 5.97 Å². The minimum Gasteiger partial charge on any atom is -0.493 e. The number of hydrogen-bond acceptors (Lipinski definition) is 3. The average Bonchev–Trinajstić information content (AvgIpc) is 2.40. The number of unbranched alkanes of at least 4 members (excludes halogenated alkanes) is 2. The van der Waals surface area contributed by atoms with E-state index in [0.29, 0.717) is 13.2 Å². The van der Waals surface area contributed by atoms with Crippen molar-refractivity contribution < 1.29 is 14.3 Å². The molecule has 1 aromatic rings. The van der Waals surface area contributed by atoms with Crippen LogP contribution in [-0.4, -0.2) is 19.2 Å². The lowest BCUT2D eigenvalue weighted by molar-refractivity contribution is -0.137. The Labute approximate surface area is 115 Å². The first-order valence-electron chi connectivity index (χ1n) is 6.63. The van der Waals surface area contributed by atoms with Crippen LogP contribution in [0.5, 0.6) is 5.75 Å². The van der Waals surface area contributed by atoms with Gasteiger partial charge in [0.15, 0.2) is 0 Å². The van der Waals surface area contributed by atoms with Crippen molar-refractivity contribution in [3.05, 3.63) is 42.0 Å². The zero-order valence-corrected chi connectivity index (χ0v) is 11.8. The molecule has 0 atom stereocenters. The summed E-state index contributed by atoms with van der Waals surface area (Å²) in [6.45, 7) is 8.60. The number of esters is 1. The van der Waals surface area contributed by atoms with Crippen molar-refractivity contribution in [2.75, 3.05) is 13.2 Å². The van der Waals surface area contributed by atoms with E-state index in [-0.39, 0.29) is 5.97 Å². The Morgan fingerprint density at radius 3 is 2.42 bits per heavy atom. The van der Waals surface area contributed by atoms with Gasteiger partial charge in [-0.2, -0.15) is 0 Å². The molecule has 0 bridgehead atoms. The zero-order chi connectivity index (χ0) is 14.1. The SMILES string of the molecule is C=CC(=O)OCCCCCOc1c(C)cccc1C. The van der Waals surface area contributed by atoms with Crippen molar-refractivity contribution in [1.29, 1.82) is 0 Å². The van der Waals surface area contributed by atoms with Gasteiger partial charge in [-0.25, -0.2) is 4.79 Å². The van der Waals surface area contributed by atoms with Crippen LogP contribution >= 0.6 is 0 Å². The Balaban J connectivity index is 2.14. The second-order valence-electron chi connectivity index (χ2n) is 4.50. The van der Waals surface area contributed by atoms with Crippen molar-refractivity contribution >= 4 is 5.97 Å². The Bertz CT molecular complexity index is 404. The van der Waals surface area contributed by atoms with Crippen LogP contribution in [-0.2, 0) is 9.53 Å². The van der Waals surface area contributed by atoms with Crippen molar-refractivity contribution in [2.45, 2.75) is 33.1 Å². The van der Waals surface area contributed by atoms with Gasteiger partial charge in [0.2, 0.25) is 0 Å². The highest BCUT2D eigenvalue weighted by Gasteiger charge is 2.02. The molecule has 1 rings (SSSR count). The number of ether oxygens (including phenoxy) is 2. The van der Waals surface area contributed by atoms with E-state index in [0.717, 1.165) is 25.0 Å². The molecule has 3 heteroatoms. The first-order chi connectivity index (χ1) is 9.15. The maximum Gasteiger partial charge on any atom is 0.330 e. The summed E-state index contributed by atoms with van der Waals surface area (Å²) < 4.78 is 10.7. The fourth-order valence-corrected chi connectivity index (χ4v) is 1.81. The predicted octanol–water partition coefficient (Wildman–Crippen LogP) is 3.58. The molecule has 3 nitrogen and oxygen atoms in total. The Morgan fingerprint density at radius 1 is 1.16 bits per heavy atom. The number of carbonyl (C=O) groups excluding carboxylic acids is 1. The highest BCUT2D eigenvalue weighted by Crippen LogP contribution is 2.22. The van der Waals surface area contributed by atoms with E-state index in [1.807, 2.05) is 6.07 Å². The van der Waals surface area contributed by atoms with E-state index in [1.54, 1.807) is 0 Å². The maximum absolute atomic E-state index is 10.8. The molecule has 0 saturated carbocycles. The van der Waals surface area contributed by atoms with Gasteiger partial charge in [-0.1, -0.05) is 24.8 Å². The molecule has 0 N–H and O–H groups in total. The quantitative estimate of drug-likeness (QED) is 0.408. The molecule has 1 aromatic carbocycles. The summed E-state index contributed by atoms with van der Waals surface area (Å²) in [4.78, 5) is 10.8. The van der Waals surface area contributed by atoms with Crippen LogP contribution in [0.15, 0.2) is 30.9 Å². The monoisotopic (exact) mass is 262 g/mol. The molecular formula is C16H22O3. The van der Waals surface area contributed by atoms with Gasteiger partial charge in [0.1, 0.15) is 5.75 Å². The van der Waals surface area contributed by atoms with E-state index in [2.05, 4.69) is 32.6 Å². The number of rotatable bonds is 8. The second-order valence-corrected chi connectivity index (χ2v) is 4.50. The predicted molar refractivity (Wildman–Crippen MR) is 76.4 cm³/mol. The molecular weight excluding hydrogens is 240 g/mol. The van der Waals surface area contributed by atoms with Crippen molar-refractivity contribution in [1.82, 2.24) is 0 Å². The van der Waals surface area contributed by atoms with Crippen molar-refractivity contribution in [3.63, 3.8) is 0 Å². The summed E-state index contributed by atoms with van der Waals surface area (Å²) in [6.07, 6.45) is 3.98. The van der Waals surface area contributed by atoms with Gasteiger partial charge < -0.3 is 9.47 Å². The normalized spacial score (nSPS) is 10.0. The molecule has 0 fully saturated rings. The molecule has 0 aliphatic rings. The summed E-state index contributed by atoms with van der Waals surface area (Å²) in [6, 6.07) is 6.14. The van der Waals surface area contributed by atoms with Crippen LogP contribution in [0.2, 0.25) is 0 Å². The van der Waals surface area contributed by atoms with E-state index in [4.69, 9.17) is 9.47 Å². The minimum atomic E-state index is -0.355. The topological polar surface area (TPSA) is 35.5 Å². The first kappa shape index (κ1) is 15.3. The van der Waals surface area contributed by atoms with Crippen molar-refractivity contribution in [3.8, 4) is 5.75 Å². The number of benzene rings is 1. The van der Waals surface area contributed by atoms with Crippen LogP contribution in [0.25, 0.3) is 0 Å². The lowest BCUT2D eigenvalue weighted by atomic mass is 10.1. The molecule has 0 aromatic heterocycles. The Hall–Kier alpha value is -1.77. The summed E-state index contributed by atoms with van der Waals surface area (Å²) in [7, 11) is 0. The third kappa shape index (κ3) is 5.60. The number of hydrogen-bond donors (Lipinski definition) is 0. The van der Waals surface area contributed by atoms with Gasteiger partial charge in [-0.05, 0) is 44.2 Å². The van der Waals surface area contributed by atoms with E-state index in [9.17, 15) is 4.79 Å². The number of para-hydroxylation sites is 1. The lowest BCUT2D eigenvalue weighted by Gasteiger charge is -2.11. The smallest absolute Gasteiger partial charge is 0.330 e. The highest BCUT2D eigenvalue weighted by atomic mass is 16.5. The van der Waals surface area contributed by atoms with E-state index < -0.39 is 0 Å². The van der Waals surface area contributed by atoms with Gasteiger partial charge in [0.05, 0.1) is 13.2 Å². The molecule has 0 unspecified atom stereocenters. The molecule has 0 heterocycles. The number of carbonyl (C=O) groups is 1. The van der Waals surface area contributed by atoms with E-state index in [1.165, 1.54) is 17.2 Å².